The molecule has 2 bridgehead atoms. The molecule has 0 aliphatic heterocycles. The van der Waals surface area contributed by atoms with Gasteiger partial charge in [-0.15, -0.1) is 0 Å². The van der Waals surface area contributed by atoms with Crippen molar-refractivity contribution < 1.29 is 0 Å². The zero-order valence-corrected chi connectivity index (χ0v) is 15.7. The number of aromatic amines is 1. The van der Waals surface area contributed by atoms with Crippen molar-refractivity contribution in [1.82, 2.24) is 14.9 Å². The maximum absolute atomic E-state index is 12.3. The molecule has 3 unspecified atom stereocenters. The summed E-state index contributed by atoms with van der Waals surface area (Å²) in [5.74, 6) is 1.65. The molecule has 2 saturated carbocycles. The Morgan fingerprint density at radius 3 is 2.76 bits per heavy atom. The lowest BCUT2D eigenvalue weighted by molar-refractivity contribution is 0.391. The van der Waals surface area contributed by atoms with Crippen LogP contribution in [0.4, 0.5) is 11.5 Å². The number of nitrogens with one attached hydrogen (secondary N) is 2. The smallest absolute Gasteiger partial charge is 0.330 e. The number of nitrogens with two attached hydrogens (primary N) is 1. The van der Waals surface area contributed by atoms with Crippen molar-refractivity contribution >= 4 is 28.8 Å². The van der Waals surface area contributed by atoms with E-state index in [1.54, 1.807) is 11.9 Å². The topological polar surface area (TPSA) is 96.2 Å². The molecule has 2 aliphatic rings. The molecule has 1 heterocycles. The molecule has 4 N–H and O–H groups in total. The number of anilines is 2. The van der Waals surface area contributed by atoms with E-state index in [1.165, 1.54) is 23.8 Å². The number of nitrogens with zero attached hydrogens (tertiary/aromatic N) is 2. The lowest BCUT2D eigenvalue weighted by Crippen LogP contribution is -2.47. The fourth-order valence-electron chi connectivity index (χ4n) is 4.22. The van der Waals surface area contributed by atoms with E-state index in [2.05, 4.69) is 10.3 Å². The van der Waals surface area contributed by atoms with Gasteiger partial charge >= 0.3 is 5.69 Å². The molecular formula is C17H27N5O2S. The molecule has 0 aromatic carbocycles. The molecular weight excluding hydrogens is 338 g/mol. The molecule has 0 spiro atoms. The molecule has 138 valence electrons. The van der Waals surface area contributed by atoms with Crippen LogP contribution in [0, 0.1) is 11.8 Å². The average molecular weight is 366 g/mol. The summed E-state index contributed by atoms with van der Waals surface area (Å²) >= 11 is 5.51. The summed E-state index contributed by atoms with van der Waals surface area (Å²) in [7, 11) is 1.72. The Balaban J connectivity index is 1.81. The van der Waals surface area contributed by atoms with Crippen molar-refractivity contribution in [2.24, 2.45) is 11.8 Å². The van der Waals surface area contributed by atoms with Gasteiger partial charge in [0, 0.05) is 19.6 Å². The quantitative estimate of drug-likeness (QED) is 0.683. The summed E-state index contributed by atoms with van der Waals surface area (Å²) in [5.41, 5.74) is 5.40. The van der Waals surface area contributed by atoms with Crippen LogP contribution in [0.3, 0.4) is 0 Å². The Kier molecular flexibility index (Phi) is 5.17. The van der Waals surface area contributed by atoms with Crippen molar-refractivity contribution in [1.29, 1.82) is 0 Å². The fourth-order valence-corrected chi connectivity index (χ4v) is 4.46. The lowest BCUT2D eigenvalue weighted by Gasteiger charge is -2.29. The molecule has 8 heteroatoms. The first kappa shape index (κ1) is 18.0. The van der Waals surface area contributed by atoms with Gasteiger partial charge in [-0.25, -0.2) is 4.79 Å². The molecule has 7 nitrogen and oxygen atoms in total. The number of rotatable bonds is 5. The minimum absolute atomic E-state index is 0.168. The summed E-state index contributed by atoms with van der Waals surface area (Å²) in [4.78, 5) is 28.3. The predicted octanol–water partition coefficient (Wildman–Crippen LogP) is 1.42. The van der Waals surface area contributed by atoms with Gasteiger partial charge in [0.2, 0.25) is 0 Å². The highest BCUT2D eigenvalue weighted by atomic mass is 32.1. The molecule has 1 aromatic rings. The molecule has 2 aliphatic carbocycles. The van der Waals surface area contributed by atoms with Gasteiger partial charge in [-0.05, 0) is 49.7 Å². The third-order valence-electron chi connectivity index (χ3n) is 5.64. The number of fused-ring (bicyclic) bond motifs is 2. The van der Waals surface area contributed by atoms with Crippen molar-refractivity contribution in [3.63, 3.8) is 0 Å². The second-order valence-electron chi connectivity index (χ2n) is 7.29. The van der Waals surface area contributed by atoms with E-state index in [9.17, 15) is 9.59 Å². The average Bonchev–Trinajstić information content (AvgIpc) is 3.17. The Morgan fingerprint density at radius 2 is 2.16 bits per heavy atom. The number of hydrogen-bond acceptors (Lipinski definition) is 4. The van der Waals surface area contributed by atoms with E-state index in [0.29, 0.717) is 23.6 Å². The van der Waals surface area contributed by atoms with Crippen molar-refractivity contribution in [3.05, 3.63) is 20.8 Å². The minimum atomic E-state index is -0.505. The SMILES string of the molecule is CCCCn1c(N)c(N(C)C(=S)NC2CC3CCC2C3)c(=O)[nH]c1=O. The molecule has 3 atom stereocenters. The Bertz CT molecular complexity index is 771. The second kappa shape index (κ2) is 7.19. The first-order valence-electron chi connectivity index (χ1n) is 9.09. The van der Waals surface area contributed by atoms with Crippen LogP contribution >= 0.6 is 12.2 Å². The van der Waals surface area contributed by atoms with Crippen LogP contribution in [0.5, 0.6) is 0 Å². The molecule has 3 rings (SSSR count). The summed E-state index contributed by atoms with van der Waals surface area (Å²) in [6, 6.07) is 0.375. The monoisotopic (exact) mass is 365 g/mol. The van der Waals surface area contributed by atoms with Crippen LogP contribution < -0.4 is 27.2 Å². The largest absolute Gasteiger partial charge is 0.383 e. The maximum Gasteiger partial charge on any atom is 0.330 e. The third-order valence-corrected chi connectivity index (χ3v) is 6.03. The van der Waals surface area contributed by atoms with E-state index in [1.807, 2.05) is 6.92 Å². The molecule has 1 aromatic heterocycles. The van der Waals surface area contributed by atoms with Gasteiger partial charge in [-0.2, -0.15) is 0 Å². The fraction of sp³-hybridized carbons (Fsp3) is 0.706. The number of thiocarbonyl (C=S) groups is 1. The predicted molar refractivity (Wildman–Crippen MR) is 104 cm³/mol. The second-order valence-corrected chi connectivity index (χ2v) is 7.67. The van der Waals surface area contributed by atoms with Crippen molar-refractivity contribution in [2.45, 2.75) is 58.0 Å². The summed E-state index contributed by atoms with van der Waals surface area (Å²) in [6.07, 6.45) is 6.72. The standard InChI is InChI=1S/C17H27N5O2S/c1-3-4-7-22-14(18)13(15(23)20-16(22)24)21(2)17(25)19-12-9-10-5-6-11(12)8-10/h10-12H,3-9,18H2,1-2H3,(H,19,25)(H,20,23,24). The summed E-state index contributed by atoms with van der Waals surface area (Å²) in [6.45, 7) is 2.51. The number of H-pyrrole nitrogens is 1. The van der Waals surface area contributed by atoms with E-state index in [-0.39, 0.29) is 11.5 Å². The van der Waals surface area contributed by atoms with Crippen LogP contribution in [0.15, 0.2) is 9.59 Å². The van der Waals surface area contributed by atoms with Crippen LogP contribution in [-0.4, -0.2) is 27.8 Å². The number of unbranched alkanes of at least 4 members (excludes halogenated alkanes) is 1. The Labute approximate surface area is 152 Å². The highest BCUT2D eigenvalue weighted by Crippen LogP contribution is 2.44. The molecule has 0 amide bonds. The first-order valence-corrected chi connectivity index (χ1v) is 9.50. The van der Waals surface area contributed by atoms with E-state index in [0.717, 1.165) is 25.2 Å². The highest BCUT2D eigenvalue weighted by molar-refractivity contribution is 7.80. The summed E-state index contributed by atoms with van der Waals surface area (Å²) in [5, 5.41) is 3.88. The van der Waals surface area contributed by atoms with E-state index < -0.39 is 11.2 Å². The van der Waals surface area contributed by atoms with E-state index >= 15 is 0 Å². The first-order chi connectivity index (χ1) is 11.9. The van der Waals surface area contributed by atoms with Crippen molar-refractivity contribution in [3.8, 4) is 0 Å². The molecule has 0 radical (unpaired) electrons. The van der Waals surface area contributed by atoms with Gasteiger partial charge in [0.05, 0.1) is 0 Å². The maximum atomic E-state index is 12.3. The van der Waals surface area contributed by atoms with Gasteiger partial charge in [-0.3, -0.25) is 14.3 Å². The van der Waals surface area contributed by atoms with E-state index in [4.69, 9.17) is 18.0 Å². The van der Waals surface area contributed by atoms with Gasteiger partial charge in [0.25, 0.3) is 5.56 Å². The van der Waals surface area contributed by atoms with Gasteiger partial charge in [0.1, 0.15) is 11.5 Å². The van der Waals surface area contributed by atoms with Crippen LogP contribution in [0.2, 0.25) is 0 Å². The number of aromatic nitrogens is 2. The molecule has 0 saturated heterocycles. The number of hydrogen-bond donors (Lipinski definition) is 3. The molecule has 2 fully saturated rings. The zero-order valence-electron chi connectivity index (χ0n) is 14.9. The van der Waals surface area contributed by atoms with Gasteiger partial charge in [0.15, 0.2) is 5.11 Å². The lowest BCUT2D eigenvalue weighted by atomic mass is 9.95. The number of nitrogen functional groups attached to an aromatic ring is 1. The normalized spacial score (nSPS) is 24.5. The van der Waals surface area contributed by atoms with Gasteiger partial charge < -0.3 is 16.0 Å². The minimum Gasteiger partial charge on any atom is -0.383 e. The molecule has 25 heavy (non-hydrogen) atoms. The third kappa shape index (κ3) is 3.44. The Hall–Kier alpha value is -1.83. The van der Waals surface area contributed by atoms with Crippen LogP contribution in [0.25, 0.3) is 0 Å². The van der Waals surface area contributed by atoms with Crippen LogP contribution in [-0.2, 0) is 6.54 Å². The Morgan fingerprint density at radius 1 is 1.40 bits per heavy atom. The van der Waals surface area contributed by atoms with Crippen LogP contribution in [0.1, 0.15) is 45.4 Å². The van der Waals surface area contributed by atoms with Gasteiger partial charge in [-0.1, -0.05) is 19.8 Å². The van der Waals surface area contributed by atoms with Crippen molar-refractivity contribution in [2.75, 3.05) is 17.7 Å². The highest BCUT2D eigenvalue weighted by Gasteiger charge is 2.40. The zero-order chi connectivity index (χ0) is 18.1. The summed E-state index contributed by atoms with van der Waals surface area (Å²) < 4.78 is 1.41.